The van der Waals surface area contributed by atoms with Crippen molar-refractivity contribution >= 4 is 9.84 Å². The van der Waals surface area contributed by atoms with Crippen LogP contribution in [0.25, 0.3) is 0 Å². The Morgan fingerprint density at radius 2 is 2.00 bits per heavy atom. The van der Waals surface area contributed by atoms with Gasteiger partial charge in [-0.3, -0.25) is 0 Å². The fraction of sp³-hybridized carbons (Fsp3) is 0.333. The van der Waals surface area contributed by atoms with Crippen LogP contribution in [0.5, 0.6) is 0 Å². The van der Waals surface area contributed by atoms with Crippen LogP contribution in [0, 0.1) is 5.92 Å². The van der Waals surface area contributed by atoms with Crippen LogP contribution in [0.2, 0.25) is 0 Å². The highest BCUT2D eigenvalue weighted by molar-refractivity contribution is 7.92. The van der Waals surface area contributed by atoms with Crippen molar-refractivity contribution in [3.63, 3.8) is 0 Å². The molecule has 132 valence electrons. The van der Waals surface area contributed by atoms with Crippen LogP contribution in [-0.4, -0.2) is 13.2 Å². The molecule has 0 amide bonds. The molecule has 0 aliphatic heterocycles. The van der Waals surface area contributed by atoms with E-state index in [2.05, 4.69) is 12.7 Å². The molecule has 0 bridgehead atoms. The first kappa shape index (κ1) is 17.7. The maximum Gasteiger partial charge on any atom is 0.185 e. The predicted octanol–water partition coefficient (Wildman–Crippen LogP) is 4.97. The highest BCUT2D eigenvalue weighted by Crippen LogP contribution is 2.47. The Morgan fingerprint density at radius 1 is 1.28 bits per heavy atom. The summed E-state index contributed by atoms with van der Waals surface area (Å²) in [6.07, 6.45) is 7.01. The zero-order chi connectivity index (χ0) is 18.1. The third kappa shape index (κ3) is 3.11. The van der Waals surface area contributed by atoms with Crippen LogP contribution in [0.15, 0.2) is 82.0 Å². The summed E-state index contributed by atoms with van der Waals surface area (Å²) in [6, 6.07) is 10.6. The molecule has 3 nitrogen and oxygen atoms in total. The highest BCUT2D eigenvalue weighted by atomic mass is 32.2. The van der Waals surface area contributed by atoms with Crippen molar-refractivity contribution in [2.75, 3.05) is 0 Å². The van der Waals surface area contributed by atoms with E-state index in [1.54, 1.807) is 36.8 Å². The van der Waals surface area contributed by atoms with E-state index in [1.165, 1.54) is 0 Å². The molecule has 1 aromatic carbocycles. The van der Waals surface area contributed by atoms with Gasteiger partial charge in [0.1, 0.15) is 0 Å². The second kappa shape index (κ2) is 6.68. The second-order valence-corrected chi connectivity index (χ2v) is 9.34. The van der Waals surface area contributed by atoms with Gasteiger partial charge in [0.25, 0.3) is 0 Å². The van der Waals surface area contributed by atoms with Gasteiger partial charge in [-0.15, -0.1) is 0 Å². The molecule has 0 fully saturated rings. The van der Waals surface area contributed by atoms with Gasteiger partial charge in [0.05, 0.1) is 22.2 Å². The smallest absolute Gasteiger partial charge is 0.185 e. The Hall–Kier alpha value is -2.07. The van der Waals surface area contributed by atoms with Crippen LogP contribution in [0.4, 0.5) is 0 Å². The zero-order valence-electron chi connectivity index (χ0n) is 14.7. The van der Waals surface area contributed by atoms with Crippen molar-refractivity contribution in [2.45, 2.75) is 42.8 Å². The lowest BCUT2D eigenvalue weighted by Crippen LogP contribution is -2.49. The molecule has 2 atom stereocenters. The summed E-state index contributed by atoms with van der Waals surface area (Å²) in [5.41, 5.74) is 2.92. The average molecular weight is 356 g/mol. The van der Waals surface area contributed by atoms with E-state index in [0.29, 0.717) is 24.2 Å². The maximum atomic E-state index is 13.8. The van der Waals surface area contributed by atoms with E-state index in [1.807, 2.05) is 26.0 Å². The molecule has 0 spiro atoms. The van der Waals surface area contributed by atoms with Gasteiger partial charge in [-0.1, -0.05) is 42.0 Å². The van der Waals surface area contributed by atoms with E-state index in [0.717, 1.165) is 16.7 Å². The van der Waals surface area contributed by atoms with Crippen LogP contribution in [0.1, 0.15) is 32.3 Å². The number of allylic oxidation sites excluding steroid dienone is 3. The summed E-state index contributed by atoms with van der Waals surface area (Å²) in [4.78, 5) is 0.374. The molecule has 0 saturated carbocycles. The van der Waals surface area contributed by atoms with Gasteiger partial charge in [-0.2, -0.15) is 0 Å². The van der Waals surface area contributed by atoms with Gasteiger partial charge in [0, 0.05) is 5.92 Å². The van der Waals surface area contributed by atoms with Crippen LogP contribution >= 0.6 is 0 Å². The van der Waals surface area contributed by atoms with Crippen molar-refractivity contribution < 1.29 is 12.8 Å². The van der Waals surface area contributed by atoms with E-state index in [4.69, 9.17) is 4.42 Å². The van der Waals surface area contributed by atoms with E-state index in [-0.39, 0.29) is 5.92 Å². The van der Waals surface area contributed by atoms with Crippen LogP contribution < -0.4 is 0 Å². The SMILES string of the molecule is C=C(C)[C@@H]1CC=C(C)C[C@@]1(Cc1ccoc1)S(=O)(=O)c1ccccc1. The fourth-order valence-electron chi connectivity index (χ4n) is 3.99. The van der Waals surface area contributed by atoms with Crippen molar-refractivity contribution in [3.05, 3.63) is 78.3 Å². The quantitative estimate of drug-likeness (QED) is 0.711. The molecule has 2 aromatic rings. The first-order chi connectivity index (χ1) is 11.9. The molecular weight excluding hydrogens is 332 g/mol. The Balaban J connectivity index is 2.21. The summed E-state index contributed by atoms with van der Waals surface area (Å²) >= 11 is 0. The number of hydrogen-bond acceptors (Lipinski definition) is 3. The summed E-state index contributed by atoms with van der Waals surface area (Å²) in [5.74, 6) is -0.128. The van der Waals surface area contributed by atoms with Gasteiger partial charge in [-0.05, 0) is 56.9 Å². The lowest BCUT2D eigenvalue weighted by Gasteiger charge is -2.43. The van der Waals surface area contributed by atoms with Crippen molar-refractivity contribution in [1.82, 2.24) is 0 Å². The second-order valence-electron chi connectivity index (χ2n) is 7.05. The van der Waals surface area contributed by atoms with E-state index < -0.39 is 14.6 Å². The fourth-order valence-corrected chi connectivity index (χ4v) is 6.42. The van der Waals surface area contributed by atoms with Crippen molar-refractivity contribution in [3.8, 4) is 0 Å². The molecule has 0 radical (unpaired) electrons. The van der Waals surface area contributed by atoms with Gasteiger partial charge in [0.15, 0.2) is 9.84 Å². The highest BCUT2D eigenvalue weighted by Gasteiger charge is 2.52. The molecule has 4 heteroatoms. The third-order valence-electron chi connectivity index (χ3n) is 5.18. The summed E-state index contributed by atoms with van der Waals surface area (Å²) < 4.78 is 31.9. The lowest BCUT2D eigenvalue weighted by molar-refractivity contribution is 0.371. The number of benzene rings is 1. The topological polar surface area (TPSA) is 47.3 Å². The minimum absolute atomic E-state index is 0.128. The number of furan rings is 1. The molecule has 0 saturated heterocycles. The van der Waals surface area contributed by atoms with Crippen molar-refractivity contribution in [1.29, 1.82) is 0 Å². The standard InChI is InChI=1S/C21H24O3S/c1-16(2)20-10-9-17(3)13-21(20,14-18-11-12-24-15-18)25(22,23)19-7-5-4-6-8-19/h4-9,11-12,15,20H,1,10,13-14H2,2-3H3/t20-,21-/m0/s1. The first-order valence-electron chi connectivity index (χ1n) is 8.48. The molecule has 1 aromatic heterocycles. The minimum Gasteiger partial charge on any atom is -0.472 e. The maximum absolute atomic E-state index is 13.8. The Kier molecular flexibility index (Phi) is 4.74. The van der Waals surface area contributed by atoms with Gasteiger partial charge < -0.3 is 4.42 Å². The van der Waals surface area contributed by atoms with E-state index >= 15 is 0 Å². The lowest BCUT2D eigenvalue weighted by atomic mass is 9.73. The zero-order valence-corrected chi connectivity index (χ0v) is 15.6. The molecule has 1 aliphatic rings. The number of hydrogen-bond donors (Lipinski definition) is 0. The largest absolute Gasteiger partial charge is 0.472 e. The molecule has 1 aliphatic carbocycles. The van der Waals surface area contributed by atoms with E-state index in [9.17, 15) is 8.42 Å². The van der Waals surface area contributed by atoms with Crippen molar-refractivity contribution in [2.24, 2.45) is 5.92 Å². The number of rotatable bonds is 5. The minimum atomic E-state index is -3.57. The molecule has 25 heavy (non-hydrogen) atoms. The normalized spacial score (nSPS) is 23.9. The first-order valence-corrected chi connectivity index (χ1v) is 9.97. The molecule has 1 heterocycles. The van der Waals surface area contributed by atoms with Gasteiger partial charge in [-0.25, -0.2) is 8.42 Å². The number of sulfone groups is 1. The summed E-state index contributed by atoms with van der Waals surface area (Å²) in [5, 5.41) is 0. The summed E-state index contributed by atoms with van der Waals surface area (Å²) in [6.45, 7) is 8.07. The van der Waals surface area contributed by atoms with Crippen LogP contribution in [-0.2, 0) is 16.3 Å². The predicted molar refractivity (Wildman–Crippen MR) is 100 cm³/mol. The summed E-state index contributed by atoms with van der Waals surface area (Å²) in [7, 11) is -3.57. The molecular formula is C21H24O3S. The molecule has 0 N–H and O–H groups in total. The molecule has 0 unspecified atom stereocenters. The Bertz CT molecular complexity index is 876. The monoisotopic (exact) mass is 356 g/mol. The van der Waals surface area contributed by atoms with Crippen LogP contribution in [0.3, 0.4) is 0 Å². The Morgan fingerprint density at radius 3 is 2.60 bits per heavy atom. The Labute approximate surface area is 150 Å². The average Bonchev–Trinajstić information content (AvgIpc) is 3.08. The van der Waals surface area contributed by atoms with Gasteiger partial charge >= 0.3 is 0 Å². The third-order valence-corrected chi connectivity index (χ3v) is 7.72. The van der Waals surface area contributed by atoms with Gasteiger partial charge in [0.2, 0.25) is 0 Å². The molecule has 3 rings (SSSR count).